The lowest BCUT2D eigenvalue weighted by Gasteiger charge is -2.18. The molecule has 1 heterocycles. The lowest BCUT2D eigenvalue weighted by molar-refractivity contribution is -0.117. The van der Waals surface area contributed by atoms with E-state index in [-0.39, 0.29) is 18.1 Å². The minimum atomic E-state index is -0.257. The van der Waals surface area contributed by atoms with Crippen LogP contribution in [-0.4, -0.2) is 19.6 Å². The molecule has 0 bridgehead atoms. The number of carbonyl (C=O) groups is 1. The molecule has 0 unspecified atom stereocenters. The highest BCUT2D eigenvalue weighted by Gasteiger charge is 2.25. The van der Waals surface area contributed by atoms with Crippen molar-refractivity contribution in [1.82, 2.24) is 0 Å². The van der Waals surface area contributed by atoms with Crippen LogP contribution in [0.25, 0.3) is 0 Å². The minimum absolute atomic E-state index is 0.00450. The van der Waals surface area contributed by atoms with E-state index in [0.717, 1.165) is 16.8 Å². The van der Waals surface area contributed by atoms with Gasteiger partial charge in [0.25, 0.3) is 0 Å². The number of ether oxygens (including phenoxy) is 1. The number of hydrogen-bond acceptors (Lipinski definition) is 2. The predicted molar refractivity (Wildman–Crippen MR) is 79.2 cm³/mol. The van der Waals surface area contributed by atoms with Crippen LogP contribution in [0, 0.1) is 5.82 Å². The topological polar surface area (TPSA) is 29.5 Å². The monoisotopic (exact) mass is 285 g/mol. The standard InChI is InChI=1S/C17H16FNO2/c1-21-16-5-3-2-4-13(16)11-17(20)19-9-8-12-10-14(18)6-7-15(12)19/h2-7,10H,8-9,11H2,1H3. The highest BCUT2D eigenvalue weighted by Crippen LogP contribution is 2.29. The predicted octanol–water partition coefficient (Wildman–Crippen LogP) is 2.97. The number of carbonyl (C=O) groups excluding carboxylic acids is 1. The number of para-hydroxylation sites is 1. The van der Waals surface area contributed by atoms with Crippen LogP contribution in [0.3, 0.4) is 0 Å². The Hall–Kier alpha value is -2.36. The lowest BCUT2D eigenvalue weighted by Crippen LogP contribution is -2.30. The maximum atomic E-state index is 13.2. The van der Waals surface area contributed by atoms with Crippen molar-refractivity contribution < 1.29 is 13.9 Å². The molecule has 0 radical (unpaired) electrons. The molecule has 0 aromatic heterocycles. The number of anilines is 1. The number of rotatable bonds is 3. The second-order valence-corrected chi connectivity index (χ2v) is 5.06. The Bertz CT molecular complexity index is 684. The molecular weight excluding hydrogens is 269 g/mol. The third kappa shape index (κ3) is 2.61. The largest absolute Gasteiger partial charge is 0.496 e. The van der Waals surface area contributed by atoms with Crippen molar-refractivity contribution in [3.63, 3.8) is 0 Å². The zero-order valence-corrected chi connectivity index (χ0v) is 11.8. The van der Waals surface area contributed by atoms with E-state index in [2.05, 4.69) is 0 Å². The molecule has 3 rings (SSSR count). The van der Waals surface area contributed by atoms with Gasteiger partial charge in [0.15, 0.2) is 0 Å². The lowest BCUT2D eigenvalue weighted by atomic mass is 10.1. The fourth-order valence-corrected chi connectivity index (χ4v) is 2.74. The van der Waals surface area contributed by atoms with Gasteiger partial charge in [-0.1, -0.05) is 18.2 Å². The van der Waals surface area contributed by atoms with Crippen molar-refractivity contribution in [2.75, 3.05) is 18.6 Å². The maximum Gasteiger partial charge on any atom is 0.231 e. The van der Waals surface area contributed by atoms with E-state index in [9.17, 15) is 9.18 Å². The first-order valence-corrected chi connectivity index (χ1v) is 6.89. The fourth-order valence-electron chi connectivity index (χ4n) is 2.74. The first kappa shape index (κ1) is 13.6. The molecule has 0 fully saturated rings. The fraction of sp³-hybridized carbons (Fsp3) is 0.235. The van der Waals surface area contributed by atoms with Crippen LogP contribution in [0.5, 0.6) is 5.75 Å². The van der Waals surface area contributed by atoms with Gasteiger partial charge in [0, 0.05) is 17.8 Å². The Morgan fingerprint density at radius 3 is 2.90 bits per heavy atom. The number of fused-ring (bicyclic) bond motifs is 1. The van der Waals surface area contributed by atoms with Gasteiger partial charge >= 0.3 is 0 Å². The molecule has 0 spiro atoms. The molecule has 2 aromatic rings. The van der Waals surface area contributed by atoms with Crippen molar-refractivity contribution >= 4 is 11.6 Å². The van der Waals surface area contributed by atoms with Crippen LogP contribution in [-0.2, 0) is 17.6 Å². The van der Waals surface area contributed by atoms with E-state index in [1.165, 1.54) is 12.1 Å². The first-order chi connectivity index (χ1) is 10.2. The summed E-state index contributed by atoms with van der Waals surface area (Å²) in [5.74, 6) is 0.460. The molecule has 0 aliphatic carbocycles. The van der Waals surface area contributed by atoms with Gasteiger partial charge in [-0.25, -0.2) is 4.39 Å². The number of methoxy groups -OCH3 is 1. The summed E-state index contributed by atoms with van der Waals surface area (Å²) in [5.41, 5.74) is 2.57. The molecule has 108 valence electrons. The SMILES string of the molecule is COc1ccccc1CC(=O)N1CCc2cc(F)ccc21. The van der Waals surface area contributed by atoms with Gasteiger partial charge in [0.05, 0.1) is 13.5 Å². The summed E-state index contributed by atoms with van der Waals surface area (Å²) in [5, 5.41) is 0. The quantitative estimate of drug-likeness (QED) is 0.867. The molecule has 1 amide bonds. The summed E-state index contributed by atoms with van der Waals surface area (Å²) in [6, 6.07) is 12.1. The number of hydrogen-bond donors (Lipinski definition) is 0. The van der Waals surface area contributed by atoms with Crippen LogP contribution in [0.1, 0.15) is 11.1 Å². The van der Waals surface area contributed by atoms with Gasteiger partial charge in [-0.3, -0.25) is 4.79 Å². The summed E-state index contributed by atoms with van der Waals surface area (Å²) < 4.78 is 18.5. The molecule has 1 aliphatic rings. The molecule has 3 nitrogen and oxygen atoms in total. The molecule has 2 aromatic carbocycles. The van der Waals surface area contributed by atoms with Crippen molar-refractivity contribution in [3.8, 4) is 5.75 Å². The Morgan fingerprint density at radius 2 is 2.10 bits per heavy atom. The normalized spacial score (nSPS) is 13.1. The van der Waals surface area contributed by atoms with E-state index in [0.29, 0.717) is 18.7 Å². The van der Waals surface area contributed by atoms with Gasteiger partial charge in [-0.15, -0.1) is 0 Å². The van der Waals surface area contributed by atoms with Crippen LogP contribution >= 0.6 is 0 Å². The Morgan fingerprint density at radius 1 is 1.29 bits per heavy atom. The summed E-state index contributed by atoms with van der Waals surface area (Å²) >= 11 is 0. The molecule has 0 saturated carbocycles. The highest BCUT2D eigenvalue weighted by atomic mass is 19.1. The molecular formula is C17H16FNO2. The Balaban J connectivity index is 1.82. The van der Waals surface area contributed by atoms with Gasteiger partial charge < -0.3 is 9.64 Å². The summed E-state index contributed by atoms with van der Waals surface area (Å²) in [4.78, 5) is 14.2. The van der Waals surface area contributed by atoms with Crippen LogP contribution in [0.15, 0.2) is 42.5 Å². The van der Waals surface area contributed by atoms with Gasteiger partial charge in [0.1, 0.15) is 11.6 Å². The zero-order valence-electron chi connectivity index (χ0n) is 11.8. The van der Waals surface area contributed by atoms with Crippen LogP contribution in [0.4, 0.5) is 10.1 Å². The Labute approximate surface area is 123 Å². The van der Waals surface area contributed by atoms with E-state index >= 15 is 0 Å². The van der Waals surface area contributed by atoms with E-state index in [1.54, 1.807) is 18.1 Å². The molecule has 21 heavy (non-hydrogen) atoms. The number of halogens is 1. The minimum Gasteiger partial charge on any atom is -0.496 e. The van der Waals surface area contributed by atoms with E-state index < -0.39 is 0 Å². The molecule has 0 saturated heterocycles. The number of benzene rings is 2. The summed E-state index contributed by atoms with van der Waals surface area (Å²) in [7, 11) is 1.59. The number of nitrogens with zero attached hydrogens (tertiary/aromatic N) is 1. The highest BCUT2D eigenvalue weighted by molar-refractivity contribution is 5.97. The second kappa shape index (κ2) is 5.56. The average molecular weight is 285 g/mol. The van der Waals surface area contributed by atoms with Crippen molar-refractivity contribution in [2.45, 2.75) is 12.8 Å². The smallest absolute Gasteiger partial charge is 0.231 e. The third-order valence-electron chi connectivity index (χ3n) is 3.77. The maximum absolute atomic E-state index is 13.2. The average Bonchev–Trinajstić information content (AvgIpc) is 2.90. The molecule has 1 aliphatic heterocycles. The molecule has 0 atom stereocenters. The second-order valence-electron chi connectivity index (χ2n) is 5.06. The Kier molecular flexibility index (Phi) is 3.60. The van der Waals surface area contributed by atoms with Gasteiger partial charge in [0.2, 0.25) is 5.91 Å². The zero-order chi connectivity index (χ0) is 14.8. The molecule has 0 N–H and O–H groups in total. The first-order valence-electron chi connectivity index (χ1n) is 6.89. The van der Waals surface area contributed by atoms with Gasteiger partial charge in [-0.05, 0) is 36.2 Å². The summed E-state index contributed by atoms with van der Waals surface area (Å²) in [6.07, 6.45) is 0.978. The van der Waals surface area contributed by atoms with Gasteiger partial charge in [-0.2, -0.15) is 0 Å². The molecule has 4 heteroatoms. The summed E-state index contributed by atoms with van der Waals surface area (Å²) in [6.45, 7) is 0.604. The number of amides is 1. The van der Waals surface area contributed by atoms with Crippen LogP contribution < -0.4 is 9.64 Å². The van der Waals surface area contributed by atoms with Crippen molar-refractivity contribution in [2.24, 2.45) is 0 Å². The third-order valence-corrected chi connectivity index (χ3v) is 3.77. The van der Waals surface area contributed by atoms with E-state index in [1.807, 2.05) is 24.3 Å². The van der Waals surface area contributed by atoms with E-state index in [4.69, 9.17) is 4.74 Å². The van der Waals surface area contributed by atoms with Crippen molar-refractivity contribution in [3.05, 3.63) is 59.4 Å². The van der Waals surface area contributed by atoms with Crippen LogP contribution in [0.2, 0.25) is 0 Å². The van der Waals surface area contributed by atoms with Crippen molar-refractivity contribution in [1.29, 1.82) is 0 Å².